The number of likely N-dealkylation sites (tertiary alicyclic amines) is 1. The van der Waals surface area contributed by atoms with Gasteiger partial charge < -0.3 is 10.2 Å². The summed E-state index contributed by atoms with van der Waals surface area (Å²) >= 11 is 0. The third-order valence-electron chi connectivity index (χ3n) is 2.88. The van der Waals surface area contributed by atoms with E-state index in [4.69, 9.17) is 5.11 Å². The summed E-state index contributed by atoms with van der Waals surface area (Å²) in [6.07, 6.45) is 0.464. The van der Waals surface area contributed by atoms with Crippen molar-refractivity contribution in [3.05, 3.63) is 0 Å². The normalized spacial score (nSPS) is 32.1. The molecule has 3 heteroatoms. The molecule has 1 heterocycles. The van der Waals surface area contributed by atoms with Crippen molar-refractivity contribution in [2.45, 2.75) is 38.8 Å². The molecule has 0 saturated carbocycles. The first-order valence-corrected chi connectivity index (χ1v) is 4.99. The van der Waals surface area contributed by atoms with E-state index < -0.39 is 0 Å². The molecule has 1 rings (SSSR count). The van der Waals surface area contributed by atoms with Gasteiger partial charge in [0, 0.05) is 31.2 Å². The maximum Gasteiger partial charge on any atom is 0.0614 e. The molecule has 13 heavy (non-hydrogen) atoms. The van der Waals surface area contributed by atoms with Crippen molar-refractivity contribution in [2.24, 2.45) is 5.92 Å². The summed E-state index contributed by atoms with van der Waals surface area (Å²) in [5.41, 5.74) is 0.146. The van der Waals surface area contributed by atoms with E-state index in [2.05, 4.69) is 25.7 Å². The van der Waals surface area contributed by atoms with Crippen LogP contribution in [0, 0.1) is 5.92 Å². The molecule has 1 aliphatic heterocycles. The number of aliphatic hydroxyl groups excluding tert-OH is 2. The SMILES string of the molecule is CC(C)(C)N1CC[C@H](O)[C@H](CO)C1. The van der Waals surface area contributed by atoms with Crippen LogP contribution in [0.1, 0.15) is 27.2 Å². The Labute approximate surface area is 80.4 Å². The topological polar surface area (TPSA) is 43.7 Å². The van der Waals surface area contributed by atoms with Crippen molar-refractivity contribution in [3.8, 4) is 0 Å². The molecule has 0 aromatic carbocycles. The molecule has 2 atom stereocenters. The maximum absolute atomic E-state index is 9.57. The van der Waals surface area contributed by atoms with Crippen molar-refractivity contribution >= 4 is 0 Å². The highest BCUT2D eigenvalue weighted by atomic mass is 16.3. The Morgan fingerprint density at radius 2 is 2.00 bits per heavy atom. The van der Waals surface area contributed by atoms with Gasteiger partial charge in [-0.2, -0.15) is 0 Å². The summed E-state index contributed by atoms with van der Waals surface area (Å²) in [5.74, 6) is 0.0352. The third kappa shape index (κ3) is 2.66. The molecule has 1 saturated heterocycles. The second-order valence-corrected chi connectivity index (χ2v) is 4.92. The zero-order chi connectivity index (χ0) is 10.1. The van der Waals surface area contributed by atoms with Crippen LogP contribution < -0.4 is 0 Å². The predicted molar refractivity (Wildman–Crippen MR) is 52.5 cm³/mol. The lowest BCUT2D eigenvalue weighted by Gasteiger charge is -2.43. The van der Waals surface area contributed by atoms with E-state index in [0.717, 1.165) is 19.5 Å². The highest BCUT2D eigenvalue weighted by molar-refractivity contribution is 4.86. The number of piperidine rings is 1. The van der Waals surface area contributed by atoms with E-state index in [1.165, 1.54) is 0 Å². The lowest BCUT2D eigenvalue weighted by atomic mass is 9.92. The number of hydrogen-bond donors (Lipinski definition) is 2. The van der Waals surface area contributed by atoms with Gasteiger partial charge in [0.05, 0.1) is 6.10 Å². The van der Waals surface area contributed by atoms with E-state index in [-0.39, 0.29) is 24.2 Å². The molecule has 0 unspecified atom stereocenters. The number of nitrogens with zero attached hydrogens (tertiary/aromatic N) is 1. The smallest absolute Gasteiger partial charge is 0.0614 e. The average Bonchev–Trinajstić information content (AvgIpc) is 2.03. The van der Waals surface area contributed by atoms with Crippen molar-refractivity contribution in [3.63, 3.8) is 0 Å². The van der Waals surface area contributed by atoms with Gasteiger partial charge in [0.1, 0.15) is 0 Å². The number of aliphatic hydroxyl groups is 2. The summed E-state index contributed by atoms with van der Waals surface area (Å²) in [6, 6.07) is 0. The van der Waals surface area contributed by atoms with Crippen LogP contribution in [-0.4, -0.2) is 46.5 Å². The minimum atomic E-state index is -0.316. The van der Waals surface area contributed by atoms with Crippen LogP contribution in [0.3, 0.4) is 0 Å². The molecule has 1 fully saturated rings. The zero-order valence-corrected chi connectivity index (χ0v) is 8.82. The molecule has 0 bridgehead atoms. The molecule has 1 aliphatic rings. The van der Waals surface area contributed by atoms with Crippen LogP contribution in [0.15, 0.2) is 0 Å². The van der Waals surface area contributed by atoms with Gasteiger partial charge in [-0.3, -0.25) is 4.90 Å². The van der Waals surface area contributed by atoms with Crippen molar-refractivity contribution in [2.75, 3.05) is 19.7 Å². The lowest BCUT2D eigenvalue weighted by molar-refractivity contribution is -0.0277. The minimum Gasteiger partial charge on any atom is -0.396 e. The molecule has 0 aromatic heterocycles. The van der Waals surface area contributed by atoms with E-state index in [9.17, 15) is 5.11 Å². The van der Waals surface area contributed by atoms with Crippen LogP contribution in [0.4, 0.5) is 0 Å². The third-order valence-corrected chi connectivity index (χ3v) is 2.88. The van der Waals surface area contributed by atoms with Crippen molar-refractivity contribution < 1.29 is 10.2 Å². The van der Waals surface area contributed by atoms with Crippen LogP contribution in [-0.2, 0) is 0 Å². The quantitative estimate of drug-likeness (QED) is 0.627. The maximum atomic E-state index is 9.57. The summed E-state index contributed by atoms with van der Waals surface area (Å²) < 4.78 is 0. The highest BCUT2D eigenvalue weighted by Crippen LogP contribution is 2.23. The van der Waals surface area contributed by atoms with Crippen LogP contribution in [0.5, 0.6) is 0 Å². The molecule has 78 valence electrons. The van der Waals surface area contributed by atoms with Gasteiger partial charge in [-0.05, 0) is 27.2 Å². The second kappa shape index (κ2) is 3.95. The van der Waals surface area contributed by atoms with E-state index in [1.54, 1.807) is 0 Å². The van der Waals surface area contributed by atoms with Gasteiger partial charge in [0.25, 0.3) is 0 Å². The molecule has 0 radical (unpaired) electrons. The fraction of sp³-hybridized carbons (Fsp3) is 1.00. The summed E-state index contributed by atoms with van der Waals surface area (Å²) in [5, 5.41) is 18.6. The summed E-state index contributed by atoms with van der Waals surface area (Å²) in [6.45, 7) is 8.33. The average molecular weight is 187 g/mol. The highest BCUT2D eigenvalue weighted by Gasteiger charge is 2.32. The van der Waals surface area contributed by atoms with Gasteiger partial charge in [-0.1, -0.05) is 0 Å². The first kappa shape index (κ1) is 11.0. The van der Waals surface area contributed by atoms with E-state index >= 15 is 0 Å². The molecule has 0 aromatic rings. The Morgan fingerprint density at radius 3 is 2.46 bits per heavy atom. The van der Waals surface area contributed by atoms with E-state index in [0.29, 0.717) is 0 Å². The van der Waals surface area contributed by atoms with Crippen LogP contribution >= 0.6 is 0 Å². The first-order valence-electron chi connectivity index (χ1n) is 4.99. The Bertz CT molecular complexity index is 165. The largest absolute Gasteiger partial charge is 0.396 e. The van der Waals surface area contributed by atoms with Gasteiger partial charge in [0.15, 0.2) is 0 Å². The van der Waals surface area contributed by atoms with Crippen molar-refractivity contribution in [1.82, 2.24) is 4.90 Å². The Morgan fingerprint density at radius 1 is 1.38 bits per heavy atom. The van der Waals surface area contributed by atoms with Gasteiger partial charge in [0.2, 0.25) is 0 Å². The fourth-order valence-corrected chi connectivity index (χ4v) is 1.81. The zero-order valence-electron chi connectivity index (χ0n) is 8.82. The molecular weight excluding hydrogens is 166 g/mol. The molecule has 0 amide bonds. The van der Waals surface area contributed by atoms with Crippen molar-refractivity contribution in [1.29, 1.82) is 0 Å². The van der Waals surface area contributed by atoms with Gasteiger partial charge >= 0.3 is 0 Å². The molecule has 3 nitrogen and oxygen atoms in total. The Balaban J connectivity index is 2.55. The van der Waals surface area contributed by atoms with E-state index in [1.807, 2.05) is 0 Å². The second-order valence-electron chi connectivity index (χ2n) is 4.92. The Kier molecular flexibility index (Phi) is 3.33. The van der Waals surface area contributed by atoms with Gasteiger partial charge in [-0.15, -0.1) is 0 Å². The first-order chi connectivity index (χ1) is 5.95. The molecule has 2 N–H and O–H groups in total. The summed E-state index contributed by atoms with van der Waals surface area (Å²) in [7, 11) is 0. The monoisotopic (exact) mass is 187 g/mol. The molecule has 0 aliphatic carbocycles. The number of hydrogen-bond acceptors (Lipinski definition) is 3. The molecular formula is C10H21NO2. The molecule has 0 spiro atoms. The van der Waals surface area contributed by atoms with Crippen LogP contribution in [0.2, 0.25) is 0 Å². The Hall–Kier alpha value is -0.120. The lowest BCUT2D eigenvalue weighted by Crippen LogP contribution is -2.52. The fourth-order valence-electron chi connectivity index (χ4n) is 1.81. The predicted octanol–water partition coefficient (Wildman–Crippen LogP) is 0.460. The van der Waals surface area contributed by atoms with Gasteiger partial charge in [-0.25, -0.2) is 0 Å². The minimum absolute atomic E-state index is 0.0352. The standard InChI is InChI=1S/C10H21NO2/c1-10(2,3)11-5-4-9(13)8(6-11)7-12/h8-9,12-13H,4-7H2,1-3H3/t8-,9-/m0/s1. The van der Waals surface area contributed by atoms with Crippen LogP contribution in [0.25, 0.3) is 0 Å². The summed E-state index contributed by atoms with van der Waals surface area (Å²) in [4.78, 5) is 2.32. The number of rotatable bonds is 1.